The van der Waals surface area contributed by atoms with Crippen LogP contribution in [0.3, 0.4) is 0 Å². The van der Waals surface area contributed by atoms with Crippen molar-refractivity contribution >= 4 is 20.6 Å². The van der Waals surface area contributed by atoms with Crippen molar-refractivity contribution in [2.75, 3.05) is 6.61 Å². The van der Waals surface area contributed by atoms with Gasteiger partial charge in [0.25, 0.3) is 0 Å². The minimum atomic E-state index is -0.769. The van der Waals surface area contributed by atoms with Gasteiger partial charge in [0.05, 0.1) is 0 Å². The molecule has 0 fully saturated rings. The third kappa shape index (κ3) is 5.08. The Hall–Kier alpha value is -0.232. The zero-order valence-electron chi connectivity index (χ0n) is 7.39. The molecule has 0 atom stereocenters. The monoisotopic (exact) mass is 218 g/mol. The van der Waals surface area contributed by atoms with Gasteiger partial charge in [-0.25, -0.2) is 0 Å². The Balaban J connectivity index is 3.74. The van der Waals surface area contributed by atoms with Gasteiger partial charge in [0.15, 0.2) is 0 Å². The van der Waals surface area contributed by atoms with Gasteiger partial charge in [-0.05, 0) is 0 Å². The van der Waals surface area contributed by atoms with Crippen molar-refractivity contribution in [1.82, 2.24) is 0 Å². The summed E-state index contributed by atoms with van der Waals surface area (Å²) < 4.78 is 4.79. The maximum atomic E-state index is 11.0. The summed E-state index contributed by atoms with van der Waals surface area (Å²) in [6.07, 6.45) is 0. The van der Waals surface area contributed by atoms with Crippen LogP contribution in [0.25, 0.3) is 0 Å². The zero-order valence-corrected chi connectivity index (χ0v) is 9.26. The molecule has 0 amide bonds. The number of esters is 1. The van der Waals surface area contributed by atoms with Crippen molar-refractivity contribution in [3.63, 3.8) is 0 Å². The van der Waals surface area contributed by atoms with Gasteiger partial charge < -0.3 is 0 Å². The van der Waals surface area contributed by atoms with Crippen LogP contribution in [0.15, 0.2) is 12.2 Å². The van der Waals surface area contributed by atoms with E-state index in [-0.39, 0.29) is 5.97 Å². The van der Waals surface area contributed by atoms with E-state index in [0.29, 0.717) is 12.2 Å². The first kappa shape index (κ1) is 10.8. The molecule has 3 heteroatoms. The van der Waals surface area contributed by atoms with Crippen LogP contribution < -0.4 is 0 Å². The Morgan fingerprint density at radius 1 is 1.55 bits per heavy atom. The molecule has 0 spiro atoms. The number of rotatable bonds is 4. The van der Waals surface area contributed by atoms with Crippen molar-refractivity contribution in [2.24, 2.45) is 0 Å². The summed E-state index contributed by atoms with van der Waals surface area (Å²) in [5.74, 6) is -0.226. The average molecular weight is 218 g/mol. The molecule has 2 nitrogen and oxygen atoms in total. The minimum absolute atomic E-state index is 0.226. The molecule has 0 aromatic heterocycles. The summed E-state index contributed by atoms with van der Waals surface area (Å²) in [4.78, 5) is 11.0. The van der Waals surface area contributed by atoms with Crippen LogP contribution in [0.4, 0.5) is 0 Å². The molecule has 0 aromatic carbocycles. The average Bonchev–Trinajstić information content (AvgIpc) is 1.86. The van der Waals surface area contributed by atoms with Crippen molar-refractivity contribution in [3.05, 3.63) is 12.2 Å². The molecule has 0 bridgehead atoms. The number of hydrogen-bond donors (Lipinski definition) is 0. The normalized spacial score (nSPS) is 9.82. The molecule has 0 unspecified atom stereocenters. The topological polar surface area (TPSA) is 26.3 Å². The summed E-state index contributed by atoms with van der Waals surface area (Å²) >= 11 is -0.769. The standard InChI is InChI=1S/C8H15AsO2/c1-5-11-8(10)7(2)6-9(3)4/h2,5-6H2,1,3-4H3. The molecule has 0 N–H and O–H groups in total. The van der Waals surface area contributed by atoms with Gasteiger partial charge in [-0.3, -0.25) is 0 Å². The number of hydrogen-bond acceptors (Lipinski definition) is 2. The third-order valence-electron chi connectivity index (χ3n) is 1.07. The Morgan fingerprint density at radius 2 is 2.09 bits per heavy atom. The van der Waals surface area contributed by atoms with E-state index in [1.54, 1.807) is 6.92 Å². The van der Waals surface area contributed by atoms with E-state index >= 15 is 0 Å². The number of ether oxygens (including phenoxy) is 1. The maximum absolute atomic E-state index is 11.0. The molecular formula is C8H15AsO2. The van der Waals surface area contributed by atoms with E-state index in [2.05, 4.69) is 18.0 Å². The summed E-state index contributed by atoms with van der Waals surface area (Å²) in [7, 11) is 0. The van der Waals surface area contributed by atoms with Gasteiger partial charge in [-0.15, -0.1) is 0 Å². The van der Waals surface area contributed by atoms with Gasteiger partial charge in [-0.2, -0.15) is 0 Å². The van der Waals surface area contributed by atoms with Crippen LogP contribution in [0.5, 0.6) is 0 Å². The van der Waals surface area contributed by atoms with Crippen LogP contribution in [0, 0.1) is 0 Å². The molecular weight excluding hydrogens is 203 g/mol. The molecule has 0 aliphatic carbocycles. The summed E-state index contributed by atoms with van der Waals surface area (Å²) in [5, 5.41) is 0.867. The predicted octanol–water partition coefficient (Wildman–Crippen LogP) is 1.86. The Kier molecular flexibility index (Phi) is 5.31. The van der Waals surface area contributed by atoms with Crippen LogP contribution in [-0.4, -0.2) is 27.2 Å². The first-order valence-electron chi connectivity index (χ1n) is 3.57. The molecule has 64 valence electrons. The second-order valence-corrected chi connectivity index (χ2v) is 7.76. The second-order valence-electron chi connectivity index (χ2n) is 2.56. The van der Waals surface area contributed by atoms with E-state index in [1.807, 2.05) is 0 Å². The van der Waals surface area contributed by atoms with E-state index in [1.165, 1.54) is 0 Å². The van der Waals surface area contributed by atoms with E-state index < -0.39 is 14.7 Å². The summed E-state index contributed by atoms with van der Waals surface area (Å²) in [6.45, 7) is 5.92. The van der Waals surface area contributed by atoms with Crippen molar-refractivity contribution in [1.29, 1.82) is 0 Å². The first-order valence-corrected chi connectivity index (χ1v) is 8.65. The zero-order chi connectivity index (χ0) is 8.85. The van der Waals surface area contributed by atoms with E-state index in [4.69, 9.17) is 4.74 Å². The molecule has 0 rings (SSSR count). The van der Waals surface area contributed by atoms with Crippen LogP contribution >= 0.6 is 0 Å². The van der Waals surface area contributed by atoms with Gasteiger partial charge in [-0.1, -0.05) is 0 Å². The van der Waals surface area contributed by atoms with Gasteiger partial charge in [0.2, 0.25) is 0 Å². The molecule has 0 radical (unpaired) electrons. The van der Waals surface area contributed by atoms with Crippen molar-refractivity contribution in [3.8, 4) is 0 Å². The number of carbonyl (C=O) groups excluding carboxylic acids is 1. The van der Waals surface area contributed by atoms with Crippen LogP contribution in [0.1, 0.15) is 6.92 Å². The van der Waals surface area contributed by atoms with Gasteiger partial charge in [0.1, 0.15) is 0 Å². The Morgan fingerprint density at radius 3 is 2.45 bits per heavy atom. The molecule has 0 saturated heterocycles. The van der Waals surface area contributed by atoms with Crippen LogP contribution in [-0.2, 0) is 9.53 Å². The molecule has 0 aliphatic heterocycles. The number of carbonyl (C=O) groups is 1. The van der Waals surface area contributed by atoms with Gasteiger partial charge >= 0.3 is 72.5 Å². The quantitative estimate of drug-likeness (QED) is 0.409. The van der Waals surface area contributed by atoms with Crippen molar-refractivity contribution in [2.45, 2.75) is 23.6 Å². The fourth-order valence-corrected chi connectivity index (χ4v) is 2.55. The third-order valence-corrected chi connectivity index (χ3v) is 3.20. The molecule has 0 heterocycles. The molecule has 0 aromatic rings. The van der Waals surface area contributed by atoms with Crippen LogP contribution in [0.2, 0.25) is 16.6 Å². The predicted molar refractivity (Wildman–Crippen MR) is 48.1 cm³/mol. The van der Waals surface area contributed by atoms with Crippen molar-refractivity contribution < 1.29 is 9.53 Å². The van der Waals surface area contributed by atoms with E-state index in [9.17, 15) is 4.79 Å². The summed E-state index contributed by atoms with van der Waals surface area (Å²) in [5.41, 5.74) is 5.02. The molecule has 0 saturated carbocycles. The summed E-state index contributed by atoms with van der Waals surface area (Å²) in [6, 6.07) is 0. The Bertz CT molecular complexity index is 152. The Labute approximate surface area is 72.9 Å². The SMILES string of the molecule is C=C(C[As](C)C)C(=O)OCC. The first-order chi connectivity index (χ1) is 5.07. The van der Waals surface area contributed by atoms with E-state index in [0.717, 1.165) is 5.21 Å². The van der Waals surface area contributed by atoms with Gasteiger partial charge in [0, 0.05) is 0 Å². The fourth-order valence-electron chi connectivity index (χ4n) is 0.679. The molecule has 0 aliphatic rings. The fraction of sp³-hybridized carbons (Fsp3) is 0.625. The second kappa shape index (κ2) is 5.42. The molecule has 11 heavy (non-hydrogen) atoms.